The van der Waals surface area contributed by atoms with E-state index >= 15 is 0 Å². The fourth-order valence-electron chi connectivity index (χ4n) is 2.00. The van der Waals surface area contributed by atoms with E-state index in [1.54, 1.807) is 6.26 Å². The summed E-state index contributed by atoms with van der Waals surface area (Å²) in [5.41, 5.74) is 9.43. The summed E-state index contributed by atoms with van der Waals surface area (Å²) < 4.78 is 10.9. The van der Waals surface area contributed by atoms with Gasteiger partial charge in [0.15, 0.2) is 0 Å². The van der Waals surface area contributed by atoms with E-state index in [0.29, 0.717) is 6.61 Å². The molecule has 1 unspecified atom stereocenters. The van der Waals surface area contributed by atoms with Crippen molar-refractivity contribution in [2.45, 2.75) is 26.8 Å². The summed E-state index contributed by atoms with van der Waals surface area (Å²) in [4.78, 5) is 0. The molecule has 0 aliphatic rings. The SMILES string of the molecule is CCOc1ccc(C)cc1C(N)c1coc(C)c1. The second-order valence-electron chi connectivity index (χ2n) is 4.44. The Balaban J connectivity index is 2.39. The van der Waals surface area contributed by atoms with Gasteiger partial charge in [0.25, 0.3) is 0 Å². The molecule has 1 aromatic carbocycles. The highest BCUT2D eigenvalue weighted by molar-refractivity contribution is 5.43. The largest absolute Gasteiger partial charge is 0.494 e. The Kier molecular flexibility index (Phi) is 3.72. The molecule has 1 aromatic heterocycles. The summed E-state index contributed by atoms with van der Waals surface area (Å²) >= 11 is 0. The average molecular weight is 245 g/mol. The molecule has 2 rings (SSSR count). The lowest BCUT2D eigenvalue weighted by molar-refractivity contribution is 0.335. The van der Waals surface area contributed by atoms with Crippen LogP contribution in [0.3, 0.4) is 0 Å². The van der Waals surface area contributed by atoms with Gasteiger partial charge in [-0.15, -0.1) is 0 Å². The molecule has 2 aromatic rings. The average Bonchev–Trinajstić information content (AvgIpc) is 2.77. The lowest BCUT2D eigenvalue weighted by Crippen LogP contribution is -2.13. The standard InChI is InChI=1S/C15H19NO2/c1-4-17-14-6-5-10(2)7-13(14)15(16)12-8-11(3)18-9-12/h5-9,15H,4,16H2,1-3H3. The van der Waals surface area contributed by atoms with Crippen LogP contribution in [0.2, 0.25) is 0 Å². The predicted molar refractivity (Wildman–Crippen MR) is 71.8 cm³/mol. The van der Waals surface area contributed by atoms with Gasteiger partial charge in [-0.1, -0.05) is 17.7 Å². The molecule has 0 amide bonds. The molecule has 0 saturated carbocycles. The minimum Gasteiger partial charge on any atom is -0.494 e. The zero-order valence-corrected chi connectivity index (χ0v) is 11.1. The quantitative estimate of drug-likeness (QED) is 0.898. The van der Waals surface area contributed by atoms with E-state index in [9.17, 15) is 0 Å². The van der Waals surface area contributed by atoms with Gasteiger partial charge in [-0.05, 0) is 32.9 Å². The Bertz CT molecular complexity index is 531. The van der Waals surface area contributed by atoms with Crippen molar-refractivity contribution >= 4 is 0 Å². The van der Waals surface area contributed by atoms with Crippen LogP contribution in [0.25, 0.3) is 0 Å². The first-order valence-corrected chi connectivity index (χ1v) is 6.15. The molecule has 0 aliphatic heterocycles. The molecule has 18 heavy (non-hydrogen) atoms. The highest BCUT2D eigenvalue weighted by Gasteiger charge is 2.16. The van der Waals surface area contributed by atoms with Crippen molar-refractivity contribution in [1.82, 2.24) is 0 Å². The maximum atomic E-state index is 6.29. The van der Waals surface area contributed by atoms with Gasteiger partial charge in [-0.2, -0.15) is 0 Å². The van der Waals surface area contributed by atoms with Crippen molar-refractivity contribution in [3.63, 3.8) is 0 Å². The first-order valence-electron chi connectivity index (χ1n) is 6.15. The van der Waals surface area contributed by atoms with Crippen molar-refractivity contribution in [3.8, 4) is 5.75 Å². The van der Waals surface area contributed by atoms with Crippen LogP contribution in [0.4, 0.5) is 0 Å². The molecule has 0 radical (unpaired) electrons. The number of ether oxygens (including phenoxy) is 1. The highest BCUT2D eigenvalue weighted by Crippen LogP contribution is 2.30. The van der Waals surface area contributed by atoms with Crippen LogP contribution in [0.5, 0.6) is 5.75 Å². The third-order valence-electron chi connectivity index (χ3n) is 2.91. The van der Waals surface area contributed by atoms with E-state index in [2.05, 4.69) is 6.07 Å². The summed E-state index contributed by atoms with van der Waals surface area (Å²) in [7, 11) is 0. The van der Waals surface area contributed by atoms with Gasteiger partial charge < -0.3 is 14.9 Å². The Morgan fingerprint density at radius 3 is 2.67 bits per heavy atom. The highest BCUT2D eigenvalue weighted by atomic mass is 16.5. The minimum atomic E-state index is -0.219. The van der Waals surface area contributed by atoms with E-state index in [4.69, 9.17) is 14.9 Å². The fourth-order valence-corrected chi connectivity index (χ4v) is 2.00. The normalized spacial score (nSPS) is 12.4. The third-order valence-corrected chi connectivity index (χ3v) is 2.91. The molecule has 2 N–H and O–H groups in total. The second-order valence-corrected chi connectivity index (χ2v) is 4.44. The molecule has 3 heteroatoms. The van der Waals surface area contributed by atoms with Crippen molar-refractivity contribution in [3.05, 3.63) is 53.0 Å². The van der Waals surface area contributed by atoms with Crippen LogP contribution >= 0.6 is 0 Å². The predicted octanol–water partition coefficient (Wildman–Crippen LogP) is 3.34. The second kappa shape index (κ2) is 5.27. The van der Waals surface area contributed by atoms with Gasteiger partial charge in [-0.25, -0.2) is 0 Å². The first-order chi connectivity index (χ1) is 8.61. The Morgan fingerprint density at radius 2 is 2.06 bits per heavy atom. The minimum absolute atomic E-state index is 0.219. The fraction of sp³-hybridized carbons (Fsp3) is 0.333. The lowest BCUT2D eigenvalue weighted by Gasteiger charge is -2.16. The number of furan rings is 1. The van der Waals surface area contributed by atoms with Crippen molar-refractivity contribution in [2.75, 3.05) is 6.61 Å². The number of hydrogen-bond donors (Lipinski definition) is 1. The monoisotopic (exact) mass is 245 g/mol. The van der Waals surface area contributed by atoms with Crippen LogP contribution in [0, 0.1) is 13.8 Å². The Labute approximate surface area is 108 Å². The summed E-state index contributed by atoms with van der Waals surface area (Å²) in [5.74, 6) is 1.71. The number of benzene rings is 1. The van der Waals surface area contributed by atoms with Crippen molar-refractivity contribution in [2.24, 2.45) is 5.73 Å². The smallest absolute Gasteiger partial charge is 0.124 e. The topological polar surface area (TPSA) is 48.4 Å². The third kappa shape index (κ3) is 2.57. The van der Waals surface area contributed by atoms with Crippen molar-refractivity contribution < 1.29 is 9.15 Å². The maximum absolute atomic E-state index is 6.29. The zero-order chi connectivity index (χ0) is 13.1. The first kappa shape index (κ1) is 12.7. The van der Waals surface area contributed by atoms with Crippen LogP contribution < -0.4 is 10.5 Å². The van der Waals surface area contributed by atoms with E-state index in [1.807, 2.05) is 39.0 Å². The molecule has 0 saturated heterocycles. The zero-order valence-electron chi connectivity index (χ0n) is 11.1. The number of nitrogens with two attached hydrogens (primary N) is 1. The van der Waals surface area contributed by atoms with E-state index in [1.165, 1.54) is 5.56 Å². The van der Waals surface area contributed by atoms with Gasteiger partial charge >= 0.3 is 0 Å². The molecule has 3 nitrogen and oxygen atoms in total. The van der Waals surface area contributed by atoms with Gasteiger partial charge in [0.05, 0.1) is 18.9 Å². The van der Waals surface area contributed by atoms with Gasteiger partial charge in [0.2, 0.25) is 0 Å². The van der Waals surface area contributed by atoms with Gasteiger partial charge in [0.1, 0.15) is 11.5 Å². The molecule has 0 fully saturated rings. The Morgan fingerprint density at radius 1 is 1.28 bits per heavy atom. The summed E-state index contributed by atoms with van der Waals surface area (Å²) in [6, 6.07) is 7.81. The summed E-state index contributed by atoms with van der Waals surface area (Å²) in [6.07, 6.45) is 1.71. The molecule has 0 bridgehead atoms. The van der Waals surface area contributed by atoms with Crippen LogP contribution in [-0.4, -0.2) is 6.61 Å². The van der Waals surface area contributed by atoms with E-state index in [0.717, 1.165) is 22.6 Å². The van der Waals surface area contributed by atoms with E-state index in [-0.39, 0.29) is 6.04 Å². The lowest BCUT2D eigenvalue weighted by atomic mass is 9.99. The Hall–Kier alpha value is -1.74. The number of aryl methyl sites for hydroxylation is 2. The van der Waals surface area contributed by atoms with E-state index < -0.39 is 0 Å². The molecule has 1 heterocycles. The summed E-state index contributed by atoms with van der Waals surface area (Å²) in [6.45, 7) is 6.56. The van der Waals surface area contributed by atoms with Crippen LogP contribution in [0.15, 0.2) is 34.9 Å². The molecule has 96 valence electrons. The van der Waals surface area contributed by atoms with Crippen LogP contribution in [-0.2, 0) is 0 Å². The molecular formula is C15H19NO2. The molecular weight excluding hydrogens is 226 g/mol. The number of rotatable bonds is 4. The van der Waals surface area contributed by atoms with Gasteiger partial charge in [0, 0.05) is 11.1 Å². The van der Waals surface area contributed by atoms with Crippen molar-refractivity contribution in [1.29, 1.82) is 0 Å². The number of hydrogen-bond acceptors (Lipinski definition) is 3. The summed E-state index contributed by atoms with van der Waals surface area (Å²) in [5, 5.41) is 0. The molecule has 0 aliphatic carbocycles. The molecule has 0 spiro atoms. The van der Waals surface area contributed by atoms with Crippen LogP contribution in [0.1, 0.15) is 35.4 Å². The van der Waals surface area contributed by atoms with Gasteiger partial charge in [-0.3, -0.25) is 0 Å². The maximum Gasteiger partial charge on any atom is 0.124 e. The molecule has 1 atom stereocenters.